The summed E-state index contributed by atoms with van der Waals surface area (Å²) in [6.45, 7) is 2.18. The number of benzene rings is 1. The second-order valence-corrected chi connectivity index (χ2v) is 6.07. The molecular formula is C17H24O2. The van der Waals surface area contributed by atoms with Gasteiger partial charge in [-0.25, -0.2) is 0 Å². The lowest BCUT2D eigenvalue weighted by Crippen LogP contribution is -2.45. The summed E-state index contributed by atoms with van der Waals surface area (Å²) in [7, 11) is 0. The Balaban J connectivity index is 1.93. The molecule has 0 aromatic heterocycles. The van der Waals surface area contributed by atoms with Crippen molar-refractivity contribution in [1.29, 1.82) is 0 Å². The van der Waals surface area contributed by atoms with Crippen molar-refractivity contribution in [2.24, 2.45) is 0 Å². The average molecular weight is 260 g/mol. The number of hydrogen-bond donors (Lipinski definition) is 1. The van der Waals surface area contributed by atoms with Gasteiger partial charge in [0, 0.05) is 0 Å². The first-order chi connectivity index (χ1) is 9.23. The highest BCUT2D eigenvalue weighted by Gasteiger charge is 2.68. The third kappa shape index (κ3) is 2.02. The molecule has 0 radical (unpaired) electrons. The topological polar surface area (TPSA) is 32.8 Å². The Hall–Kier alpha value is -0.860. The van der Waals surface area contributed by atoms with Gasteiger partial charge < -0.3 is 9.84 Å². The zero-order chi connectivity index (χ0) is 13.3. The average Bonchev–Trinajstić information content (AvgIpc) is 3.22. The second kappa shape index (κ2) is 4.92. The third-order valence-electron chi connectivity index (χ3n) is 4.92. The second-order valence-electron chi connectivity index (χ2n) is 6.07. The molecule has 1 aliphatic carbocycles. The van der Waals surface area contributed by atoms with Gasteiger partial charge >= 0.3 is 0 Å². The monoisotopic (exact) mass is 260 g/mol. The van der Waals surface area contributed by atoms with Gasteiger partial charge in [0.2, 0.25) is 0 Å². The number of ether oxygens (including phenoxy) is 1. The lowest BCUT2D eigenvalue weighted by atomic mass is 9.70. The van der Waals surface area contributed by atoms with Crippen molar-refractivity contribution in [3.63, 3.8) is 0 Å². The Morgan fingerprint density at radius 3 is 2.79 bits per heavy atom. The predicted molar refractivity (Wildman–Crippen MR) is 75.9 cm³/mol. The van der Waals surface area contributed by atoms with Crippen LogP contribution in [-0.2, 0) is 10.3 Å². The lowest BCUT2D eigenvalue weighted by molar-refractivity contribution is -0.0580. The van der Waals surface area contributed by atoms with E-state index in [1.165, 1.54) is 12.8 Å². The van der Waals surface area contributed by atoms with Crippen LogP contribution in [0.4, 0.5) is 0 Å². The molecule has 1 saturated carbocycles. The van der Waals surface area contributed by atoms with E-state index in [1.807, 2.05) is 18.2 Å². The smallest absolute Gasteiger partial charge is 0.127 e. The van der Waals surface area contributed by atoms with Crippen LogP contribution in [0.3, 0.4) is 0 Å². The number of aliphatic hydroxyl groups is 1. The minimum Gasteiger partial charge on any atom is -0.382 e. The molecular weight excluding hydrogens is 236 g/mol. The van der Waals surface area contributed by atoms with Gasteiger partial charge in [0.15, 0.2) is 0 Å². The van der Waals surface area contributed by atoms with E-state index in [0.717, 1.165) is 37.7 Å². The van der Waals surface area contributed by atoms with Gasteiger partial charge in [-0.05, 0) is 24.8 Å². The lowest BCUT2D eigenvalue weighted by Gasteiger charge is -2.37. The maximum absolute atomic E-state index is 11.4. The zero-order valence-corrected chi connectivity index (χ0v) is 11.8. The van der Waals surface area contributed by atoms with E-state index in [0.29, 0.717) is 0 Å². The van der Waals surface area contributed by atoms with Crippen LogP contribution in [0, 0.1) is 0 Å². The molecule has 1 aliphatic heterocycles. The van der Waals surface area contributed by atoms with Crippen LogP contribution in [-0.4, -0.2) is 16.8 Å². The molecule has 1 aromatic rings. The molecule has 2 heteroatoms. The Labute approximate surface area is 115 Å². The summed E-state index contributed by atoms with van der Waals surface area (Å²) < 4.78 is 6.03. The van der Waals surface area contributed by atoms with E-state index in [9.17, 15) is 5.11 Å². The number of hydrogen-bond acceptors (Lipinski definition) is 2. The molecule has 0 spiro atoms. The van der Waals surface area contributed by atoms with Crippen LogP contribution in [0.1, 0.15) is 57.4 Å². The van der Waals surface area contributed by atoms with Crippen molar-refractivity contribution in [3.05, 3.63) is 35.9 Å². The first kappa shape index (κ1) is 13.1. The van der Waals surface area contributed by atoms with Crippen molar-refractivity contribution in [1.82, 2.24) is 0 Å². The van der Waals surface area contributed by atoms with E-state index >= 15 is 0 Å². The van der Waals surface area contributed by atoms with Crippen molar-refractivity contribution in [3.8, 4) is 0 Å². The highest BCUT2D eigenvalue weighted by molar-refractivity contribution is 5.31. The normalized spacial score (nSPS) is 32.4. The van der Waals surface area contributed by atoms with Crippen molar-refractivity contribution in [2.45, 2.75) is 69.2 Å². The fraction of sp³-hybridized carbons (Fsp3) is 0.647. The fourth-order valence-corrected chi connectivity index (χ4v) is 3.77. The molecule has 2 nitrogen and oxygen atoms in total. The quantitative estimate of drug-likeness (QED) is 0.817. The molecule has 104 valence electrons. The largest absolute Gasteiger partial charge is 0.382 e. The summed E-state index contributed by atoms with van der Waals surface area (Å²) >= 11 is 0. The summed E-state index contributed by atoms with van der Waals surface area (Å²) in [6.07, 6.45) is 7.78. The van der Waals surface area contributed by atoms with E-state index in [-0.39, 0.29) is 11.7 Å². The number of rotatable bonds is 5. The maximum Gasteiger partial charge on any atom is 0.127 e. The zero-order valence-electron chi connectivity index (χ0n) is 11.8. The Kier molecular flexibility index (Phi) is 3.40. The van der Waals surface area contributed by atoms with Gasteiger partial charge in [-0.15, -0.1) is 0 Å². The first-order valence-electron chi connectivity index (χ1n) is 7.69. The van der Waals surface area contributed by atoms with Crippen LogP contribution in [0.25, 0.3) is 0 Å². The predicted octanol–water partition coefficient (Wildman–Crippen LogP) is 3.78. The minimum atomic E-state index is -0.796. The summed E-state index contributed by atoms with van der Waals surface area (Å²) in [4.78, 5) is 0. The molecule has 0 amide bonds. The van der Waals surface area contributed by atoms with Crippen LogP contribution in [0.2, 0.25) is 0 Å². The summed E-state index contributed by atoms with van der Waals surface area (Å²) in [5.41, 5.74) is -0.0511. The molecule has 1 saturated heterocycles. The van der Waals surface area contributed by atoms with E-state index in [2.05, 4.69) is 19.1 Å². The molecule has 1 N–H and O–H groups in total. The van der Waals surface area contributed by atoms with Gasteiger partial charge in [0.1, 0.15) is 11.2 Å². The van der Waals surface area contributed by atoms with E-state index in [1.54, 1.807) is 0 Å². The summed E-state index contributed by atoms with van der Waals surface area (Å²) in [5, 5.41) is 11.4. The van der Waals surface area contributed by atoms with Crippen molar-refractivity contribution in [2.75, 3.05) is 0 Å². The highest BCUT2D eigenvalue weighted by atomic mass is 16.6. The number of unbranched alkanes of at least 4 members (excludes halogenated alkanes) is 1. The third-order valence-corrected chi connectivity index (χ3v) is 4.92. The highest BCUT2D eigenvalue weighted by Crippen LogP contribution is 2.59. The van der Waals surface area contributed by atoms with Gasteiger partial charge in [0.05, 0.1) is 6.10 Å². The standard InChI is InChI=1S/C17H24O2/c1-2-3-12-16(18,14-9-5-4-6-10-14)17-13-8-7-11-15(17)19-17/h4-6,9-10,15,18H,2-3,7-8,11-13H2,1H3/t15-,16?,17+/m0/s1. The van der Waals surface area contributed by atoms with Crippen molar-refractivity contribution < 1.29 is 9.84 Å². The molecule has 3 rings (SSSR count). The SMILES string of the molecule is CCCCC(O)(c1ccccc1)[C@@]12CCCC[C@@H]1O2. The molecule has 3 atom stereocenters. The number of epoxide rings is 1. The van der Waals surface area contributed by atoms with Crippen LogP contribution < -0.4 is 0 Å². The van der Waals surface area contributed by atoms with Gasteiger partial charge in [-0.1, -0.05) is 62.9 Å². The first-order valence-corrected chi connectivity index (χ1v) is 7.69. The summed E-state index contributed by atoms with van der Waals surface area (Å²) in [5.74, 6) is 0. The van der Waals surface area contributed by atoms with Gasteiger partial charge in [0.25, 0.3) is 0 Å². The Morgan fingerprint density at radius 1 is 1.32 bits per heavy atom. The minimum absolute atomic E-state index is 0.281. The molecule has 1 unspecified atom stereocenters. The van der Waals surface area contributed by atoms with Crippen LogP contribution in [0.15, 0.2) is 30.3 Å². The van der Waals surface area contributed by atoms with Gasteiger partial charge in [-0.2, -0.15) is 0 Å². The fourth-order valence-electron chi connectivity index (χ4n) is 3.77. The Morgan fingerprint density at radius 2 is 2.11 bits per heavy atom. The molecule has 2 fully saturated rings. The molecule has 1 aromatic carbocycles. The van der Waals surface area contributed by atoms with Gasteiger partial charge in [-0.3, -0.25) is 0 Å². The molecule has 19 heavy (non-hydrogen) atoms. The Bertz CT molecular complexity index is 430. The molecule has 1 heterocycles. The summed E-state index contributed by atoms with van der Waals surface area (Å²) in [6, 6.07) is 10.1. The van der Waals surface area contributed by atoms with E-state index < -0.39 is 5.60 Å². The van der Waals surface area contributed by atoms with Crippen LogP contribution in [0.5, 0.6) is 0 Å². The number of fused-ring (bicyclic) bond motifs is 1. The van der Waals surface area contributed by atoms with Crippen LogP contribution >= 0.6 is 0 Å². The molecule has 2 aliphatic rings. The molecule has 0 bridgehead atoms. The van der Waals surface area contributed by atoms with E-state index in [4.69, 9.17) is 4.74 Å². The maximum atomic E-state index is 11.4. The van der Waals surface area contributed by atoms with Crippen molar-refractivity contribution >= 4 is 0 Å².